The number of anilines is 1. The van der Waals surface area contributed by atoms with Gasteiger partial charge in [-0.1, -0.05) is 30.3 Å². The number of ether oxygens (including phenoxy) is 1. The van der Waals surface area contributed by atoms with Crippen LogP contribution in [0.2, 0.25) is 0 Å². The van der Waals surface area contributed by atoms with Crippen LogP contribution < -0.4 is 9.04 Å². The molecule has 1 aliphatic heterocycles. The third kappa shape index (κ3) is 2.88. The average molecular weight is 339 g/mol. The molecule has 0 atom stereocenters. The lowest BCUT2D eigenvalue weighted by molar-refractivity contribution is -0.132. The highest BCUT2D eigenvalue weighted by Gasteiger charge is 2.37. The molecule has 2 heterocycles. The number of carbonyl (C=O) groups is 1. The fraction of sp³-hybridized carbons (Fsp3) is 0.267. The van der Waals surface area contributed by atoms with E-state index in [1.54, 1.807) is 24.3 Å². The molecule has 0 bridgehead atoms. The summed E-state index contributed by atoms with van der Waals surface area (Å²) in [6, 6.07) is 8.80. The van der Waals surface area contributed by atoms with Crippen molar-refractivity contribution in [3.8, 4) is 22.8 Å². The summed E-state index contributed by atoms with van der Waals surface area (Å²) < 4.78 is 32.2. The fourth-order valence-corrected chi connectivity index (χ4v) is 4.02. The van der Waals surface area contributed by atoms with E-state index in [4.69, 9.17) is 9.15 Å². The van der Waals surface area contributed by atoms with E-state index in [0.29, 0.717) is 18.5 Å². The van der Waals surface area contributed by atoms with Gasteiger partial charge in [-0.25, -0.2) is 4.31 Å². The van der Waals surface area contributed by atoms with Crippen molar-refractivity contribution in [3.05, 3.63) is 30.3 Å². The number of furan rings is 1. The summed E-state index contributed by atoms with van der Waals surface area (Å²) in [7, 11) is -3.05. The first kappa shape index (κ1) is 15.7. The Morgan fingerprint density at radius 1 is 1.30 bits per heavy atom. The van der Waals surface area contributed by atoms with Crippen LogP contribution in [0.25, 0.3) is 11.3 Å². The van der Waals surface area contributed by atoms with E-state index in [0.717, 1.165) is 0 Å². The molecule has 124 valence electrons. The zero-order valence-corrected chi connectivity index (χ0v) is 13.2. The second kappa shape index (κ2) is 5.80. The second-order valence-electron chi connectivity index (χ2n) is 5.17. The van der Waals surface area contributed by atoms with Crippen molar-refractivity contribution in [1.82, 2.24) is 0 Å². The highest BCUT2D eigenvalue weighted by Crippen LogP contribution is 2.57. The topological polar surface area (TPSA) is 103 Å². The molecule has 7 nitrogen and oxygen atoms in total. The maximum atomic E-state index is 11.3. The highest BCUT2D eigenvalue weighted by molar-refractivity contribution is 8.25. The summed E-state index contributed by atoms with van der Waals surface area (Å²) in [4.78, 5) is 11.3. The van der Waals surface area contributed by atoms with Gasteiger partial charge in [-0.05, 0) is 6.42 Å². The molecule has 0 saturated carbocycles. The number of nitrogens with zero attached hydrogens (tertiary/aromatic N) is 1. The Morgan fingerprint density at radius 3 is 2.57 bits per heavy atom. The van der Waals surface area contributed by atoms with E-state index in [-0.39, 0.29) is 28.9 Å². The molecule has 2 aromatic rings. The minimum atomic E-state index is -3.05. The monoisotopic (exact) mass is 339 g/mol. The summed E-state index contributed by atoms with van der Waals surface area (Å²) in [5.74, 6) is -0.915. The van der Waals surface area contributed by atoms with E-state index < -0.39 is 16.7 Å². The molecule has 0 radical (unpaired) electrons. The van der Waals surface area contributed by atoms with Gasteiger partial charge in [-0.2, -0.15) is 0 Å². The lowest BCUT2D eigenvalue weighted by Crippen LogP contribution is -2.22. The van der Waals surface area contributed by atoms with Crippen molar-refractivity contribution in [2.24, 2.45) is 0 Å². The van der Waals surface area contributed by atoms with Gasteiger partial charge < -0.3 is 14.3 Å². The molecule has 1 aliphatic rings. The summed E-state index contributed by atoms with van der Waals surface area (Å²) in [6.07, 6.45) is 0.560. The van der Waals surface area contributed by atoms with Crippen molar-refractivity contribution in [2.75, 3.05) is 16.6 Å². The van der Waals surface area contributed by atoms with Crippen molar-refractivity contribution < 1.29 is 28.2 Å². The molecule has 0 spiro atoms. The summed E-state index contributed by atoms with van der Waals surface area (Å²) >= 11 is 0. The highest BCUT2D eigenvalue weighted by atomic mass is 32.3. The van der Waals surface area contributed by atoms with Crippen LogP contribution in [0.3, 0.4) is 0 Å². The first-order valence-electron chi connectivity index (χ1n) is 7.03. The molecule has 3 N–H and O–H groups in total. The van der Waals surface area contributed by atoms with Crippen molar-refractivity contribution >= 4 is 22.6 Å². The minimum Gasteiger partial charge on any atom is -0.502 e. The summed E-state index contributed by atoms with van der Waals surface area (Å²) in [5.41, 5.74) is 0.584. The van der Waals surface area contributed by atoms with Crippen LogP contribution in [0.1, 0.15) is 13.3 Å². The van der Waals surface area contributed by atoms with Crippen LogP contribution in [0.5, 0.6) is 11.5 Å². The molecule has 1 aromatic heterocycles. The maximum absolute atomic E-state index is 11.3. The van der Waals surface area contributed by atoms with Gasteiger partial charge in [-0.15, -0.1) is 10.8 Å². The molecule has 23 heavy (non-hydrogen) atoms. The molecule has 1 fully saturated rings. The Kier molecular flexibility index (Phi) is 3.97. The predicted octanol–water partition coefficient (Wildman–Crippen LogP) is 3.45. The number of esters is 1. The fourth-order valence-electron chi connectivity index (χ4n) is 2.47. The zero-order chi connectivity index (χ0) is 16.6. The van der Waals surface area contributed by atoms with Gasteiger partial charge in [0.1, 0.15) is 0 Å². The Labute approximate surface area is 134 Å². The molecule has 1 saturated heterocycles. The Balaban J connectivity index is 2.13. The summed E-state index contributed by atoms with van der Waals surface area (Å²) in [5, 5.41) is 10.4. The van der Waals surface area contributed by atoms with Gasteiger partial charge in [0.2, 0.25) is 11.5 Å². The Hall–Kier alpha value is -2.16. The lowest BCUT2D eigenvalue weighted by atomic mass is 10.1. The van der Waals surface area contributed by atoms with Crippen molar-refractivity contribution in [2.45, 2.75) is 13.3 Å². The molecule has 8 heteroatoms. The number of hydrogen-bond donors (Lipinski definition) is 3. The lowest BCUT2D eigenvalue weighted by Gasteiger charge is -2.36. The van der Waals surface area contributed by atoms with E-state index in [2.05, 4.69) is 0 Å². The minimum absolute atomic E-state index is 0.0472. The second-order valence-corrected chi connectivity index (χ2v) is 7.28. The van der Waals surface area contributed by atoms with Crippen LogP contribution in [0.4, 0.5) is 5.88 Å². The van der Waals surface area contributed by atoms with Crippen LogP contribution in [-0.2, 0) is 4.79 Å². The molecule has 0 amide bonds. The standard InChI is InChI=1S/C15H17NO6S/c1-10(17)21-14-12(18)13(11-6-3-2-4-7-11)22-15(14)16-8-5-9-23(16,19)20/h2-4,6-7,18-20H,5,8-9H2,1H3. The molecular formula is C15H17NO6S. The van der Waals surface area contributed by atoms with Crippen LogP contribution in [0.15, 0.2) is 34.7 Å². The first-order valence-corrected chi connectivity index (χ1v) is 8.70. The first-order chi connectivity index (χ1) is 10.9. The Morgan fingerprint density at radius 2 is 2.00 bits per heavy atom. The predicted molar refractivity (Wildman–Crippen MR) is 86.8 cm³/mol. The normalized spacial score (nSPS) is 18.0. The van der Waals surface area contributed by atoms with Crippen LogP contribution >= 0.6 is 10.8 Å². The van der Waals surface area contributed by atoms with Gasteiger partial charge in [0, 0.05) is 19.0 Å². The summed E-state index contributed by atoms with van der Waals surface area (Å²) in [6.45, 7) is 1.53. The van der Waals surface area contributed by atoms with Gasteiger partial charge in [0.25, 0.3) is 5.88 Å². The third-order valence-corrected chi connectivity index (χ3v) is 5.35. The van der Waals surface area contributed by atoms with Crippen molar-refractivity contribution in [1.29, 1.82) is 0 Å². The molecular weight excluding hydrogens is 322 g/mol. The van der Waals surface area contributed by atoms with Crippen molar-refractivity contribution in [3.63, 3.8) is 0 Å². The van der Waals surface area contributed by atoms with Crippen LogP contribution in [-0.4, -0.2) is 32.5 Å². The van der Waals surface area contributed by atoms with Gasteiger partial charge in [-0.3, -0.25) is 13.9 Å². The average Bonchev–Trinajstić information content (AvgIpc) is 3.00. The zero-order valence-electron chi connectivity index (χ0n) is 12.4. The maximum Gasteiger partial charge on any atom is 0.308 e. The van der Waals surface area contributed by atoms with Gasteiger partial charge in [0.15, 0.2) is 5.76 Å². The quantitative estimate of drug-likeness (QED) is 0.736. The smallest absolute Gasteiger partial charge is 0.308 e. The molecule has 0 unspecified atom stereocenters. The van der Waals surface area contributed by atoms with E-state index in [1.165, 1.54) is 11.2 Å². The third-order valence-electron chi connectivity index (χ3n) is 3.46. The number of rotatable bonds is 3. The molecule has 0 aliphatic carbocycles. The SMILES string of the molecule is CC(=O)Oc1c(N2CCCS2(O)O)oc(-c2ccccc2)c1O. The van der Waals surface area contributed by atoms with Gasteiger partial charge in [0.05, 0.1) is 5.75 Å². The van der Waals surface area contributed by atoms with Crippen LogP contribution in [0, 0.1) is 0 Å². The molecule has 3 rings (SSSR count). The van der Waals surface area contributed by atoms with E-state index in [1.807, 2.05) is 6.07 Å². The van der Waals surface area contributed by atoms with E-state index >= 15 is 0 Å². The van der Waals surface area contributed by atoms with Gasteiger partial charge >= 0.3 is 5.97 Å². The molecule has 1 aromatic carbocycles. The Bertz CT molecular complexity index is 727. The van der Waals surface area contributed by atoms with E-state index in [9.17, 15) is 19.0 Å². The largest absolute Gasteiger partial charge is 0.502 e. The number of benzene rings is 1. The number of hydrogen-bond acceptors (Lipinski definition) is 7. The number of aromatic hydroxyl groups is 1. The number of carbonyl (C=O) groups excluding carboxylic acids is 1.